The zero-order valence-electron chi connectivity index (χ0n) is 19.0. The van der Waals surface area contributed by atoms with Gasteiger partial charge in [0.25, 0.3) is 5.56 Å². The van der Waals surface area contributed by atoms with Crippen molar-refractivity contribution < 1.29 is 53.8 Å². The predicted molar refractivity (Wildman–Crippen MR) is 110 cm³/mol. The molecule has 0 saturated heterocycles. The third-order valence-electron chi connectivity index (χ3n) is 4.75. The number of alkyl halides is 9. The number of carbonyl (C=O) groups excluding carboxylic acids is 1. The maximum Gasteiger partial charge on any atom is 0.433 e. The maximum atomic E-state index is 13.6. The molecule has 0 spiro atoms. The Hall–Kier alpha value is -3.01. The van der Waals surface area contributed by atoms with E-state index in [0.29, 0.717) is 4.57 Å². The lowest BCUT2D eigenvalue weighted by molar-refractivity contribution is -0.151. The number of aromatic nitrogens is 2. The molecule has 17 heteroatoms. The van der Waals surface area contributed by atoms with E-state index < -0.39 is 76.3 Å². The third-order valence-corrected chi connectivity index (χ3v) is 5.14. The number of carbonyl (C=O) groups is 1. The van der Waals surface area contributed by atoms with Gasteiger partial charge in [-0.05, 0) is 18.6 Å². The molecule has 0 aliphatic rings. The topological polar surface area (TPSA) is 73.7 Å². The monoisotopic (exact) mass is 569 g/mol. The number of ether oxygens (including phenoxy) is 2. The molecule has 2 aromatic rings. The van der Waals surface area contributed by atoms with Crippen molar-refractivity contribution in [2.75, 3.05) is 19.1 Å². The Bertz CT molecular complexity index is 1210. The van der Waals surface area contributed by atoms with Crippen LogP contribution < -0.4 is 10.5 Å². The highest BCUT2D eigenvalue weighted by Gasteiger charge is 2.43. The maximum absolute atomic E-state index is 13.6. The molecule has 0 aliphatic heterocycles. The molecule has 7 nitrogen and oxygen atoms in total. The molecule has 1 unspecified atom stereocenters. The Balaban J connectivity index is 3.16. The van der Waals surface area contributed by atoms with Gasteiger partial charge in [-0.25, -0.2) is 9.78 Å². The van der Waals surface area contributed by atoms with Crippen LogP contribution in [0.4, 0.5) is 51.1 Å². The van der Waals surface area contributed by atoms with Gasteiger partial charge in [0.1, 0.15) is 0 Å². The van der Waals surface area contributed by atoms with E-state index in [1.54, 1.807) is 0 Å². The molecule has 0 amide bonds. The highest BCUT2D eigenvalue weighted by molar-refractivity contribution is 6.34. The van der Waals surface area contributed by atoms with Crippen LogP contribution in [0.1, 0.15) is 30.2 Å². The summed E-state index contributed by atoms with van der Waals surface area (Å²) in [5.74, 6) is -2.65. The molecule has 1 aromatic heterocycles. The molecule has 0 radical (unpaired) electrons. The minimum absolute atomic E-state index is 0.0494. The van der Waals surface area contributed by atoms with Gasteiger partial charge in [-0.3, -0.25) is 14.3 Å². The SMILES string of the molecule is CCCn1c(N(c2cc(C(F)(F)F)cc(C(F)(F)F)c2Cl)C(OC)C(=O)OC)nc(C(F)(F)F)cc1=O. The number of halogens is 10. The van der Waals surface area contributed by atoms with Gasteiger partial charge in [0.15, 0.2) is 5.69 Å². The van der Waals surface area contributed by atoms with Crippen LogP contribution in [-0.4, -0.2) is 36.0 Å². The van der Waals surface area contributed by atoms with E-state index in [4.69, 9.17) is 16.3 Å². The summed E-state index contributed by atoms with van der Waals surface area (Å²) < 4.78 is 132. The Morgan fingerprint density at radius 2 is 1.62 bits per heavy atom. The Morgan fingerprint density at radius 3 is 2.05 bits per heavy atom. The van der Waals surface area contributed by atoms with E-state index >= 15 is 0 Å². The lowest BCUT2D eigenvalue weighted by Crippen LogP contribution is -2.44. The lowest BCUT2D eigenvalue weighted by atomic mass is 10.1. The Morgan fingerprint density at radius 1 is 1.03 bits per heavy atom. The number of anilines is 2. The number of hydrogen-bond donors (Lipinski definition) is 0. The fourth-order valence-corrected chi connectivity index (χ4v) is 3.47. The number of rotatable bonds is 7. The summed E-state index contributed by atoms with van der Waals surface area (Å²) in [6.07, 6.45) is -18.4. The van der Waals surface area contributed by atoms with Gasteiger partial charge in [-0.1, -0.05) is 18.5 Å². The van der Waals surface area contributed by atoms with Gasteiger partial charge in [-0.15, -0.1) is 0 Å². The lowest BCUT2D eigenvalue weighted by Gasteiger charge is -2.33. The van der Waals surface area contributed by atoms with Gasteiger partial charge in [0, 0.05) is 19.7 Å². The fraction of sp³-hybridized carbons (Fsp3) is 0.450. The molecule has 0 saturated carbocycles. The highest BCUT2D eigenvalue weighted by Crippen LogP contribution is 2.46. The minimum atomic E-state index is -5.48. The molecule has 37 heavy (non-hydrogen) atoms. The molecular formula is C20H17ClF9N3O4. The fourth-order valence-electron chi connectivity index (χ4n) is 3.16. The van der Waals surface area contributed by atoms with Gasteiger partial charge in [0.05, 0.1) is 28.9 Å². The average Bonchev–Trinajstić information content (AvgIpc) is 2.76. The van der Waals surface area contributed by atoms with Crippen LogP contribution in [0.15, 0.2) is 23.0 Å². The zero-order chi connectivity index (χ0) is 28.5. The number of methoxy groups -OCH3 is 2. The van der Waals surface area contributed by atoms with Crippen LogP contribution in [0.3, 0.4) is 0 Å². The van der Waals surface area contributed by atoms with Gasteiger partial charge < -0.3 is 9.47 Å². The van der Waals surface area contributed by atoms with Gasteiger partial charge in [0.2, 0.25) is 12.2 Å². The zero-order valence-corrected chi connectivity index (χ0v) is 19.7. The first kappa shape index (κ1) is 30.2. The summed E-state index contributed by atoms with van der Waals surface area (Å²) >= 11 is 5.83. The second-order valence-electron chi connectivity index (χ2n) is 7.26. The first-order valence-electron chi connectivity index (χ1n) is 9.95. The molecule has 0 fully saturated rings. The molecule has 0 bridgehead atoms. The number of esters is 1. The normalized spacial score (nSPS) is 13.4. The molecule has 0 aliphatic carbocycles. The first-order valence-corrected chi connectivity index (χ1v) is 10.3. The number of nitrogens with zero attached hydrogens (tertiary/aromatic N) is 3. The third kappa shape index (κ3) is 6.47. The quantitative estimate of drug-likeness (QED) is 0.244. The van der Waals surface area contributed by atoms with Crippen LogP contribution in [0.5, 0.6) is 0 Å². The Kier molecular flexibility index (Phi) is 8.79. The van der Waals surface area contributed by atoms with Crippen molar-refractivity contribution in [2.24, 2.45) is 0 Å². The molecule has 0 N–H and O–H groups in total. The van der Waals surface area contributed by atoms with Crippen molar-refractivity contribution in [3.05, 3.63) is 50.4 Å². The van der Waals surface area contributed by atoms with Crippen LogP contribution in [0.25, 0.3) is 0 Å². The van der Waals surface area contributed by atoms with Gasteiger partial charge >= 0.3 is 24.5 Å². The second kappa shape index (κ2) is 10.8. The summed E-state index contributed by atoms with van der Waals surface area (Å²) in [4.78, 5) is 28.4. The standard InChI is InChI=1S/C20H17ClF9N3O4/c1-4-5-32-13(34)8-12(20(28,29)30)31-17(32)33(15(36-2)16(35)37-3)11-7-9(18(22,23)24)6-10(14(11)21)19(25,26)27/h6-8,15H,4-5H2,1-3H3. The molecule has 1 atom stereocenters. The second-order valence-corrected chi connectivity index (χ2v) is 7.64. The molecule has 1 aromatic carbocycles. The van der Waals surface area contributed by atoms with E-state index in [9.17, 15) is 49.1 Å². The largest absolute Gasteiger partial charge is 0.466 e. The van der Waals surface area contributed by atoms with E-state index in [-0.39, 0.29) is 29.5 Å². The minimum Gasteiger partial charge on any atom is -0.466 e. The van der Waals surface area contributed by atoms with E-state index in [0.717, 1.165) is 14.2 Å². The molecule has 2 rings (SSSR count). The smallest absolute Gasteiger partial charge is 0.433 e. The summed E-state index contributed by atoms with van der Waals surface area (Å²) in [5, 5.41) is -1.44. The van der Waals surface area contributed by atoms with Crippen molar-refractivity contribution in [2.45, 2.75) is 44.6 Å². The summed E-state index contributed by atoms with van der Waals surface area (Å²) in [6.45, 7) is 1.06. The van der Waals surface area contributed by atoms with Crippen LogP contribution in [0.2, 0.25) is 5.02 Å². The van der Waals surface area contributed by atoms with E-state index in [1.165, 1.54) is 6.92 Å². The van der Waals surface area contributed by atoms with Crippen molar-refractivity contribution >= 4 is 29.2 Å². The summed E-state index contributed by atoms with van der Waals surface area (Å²) in [5.41, 5.74) is -8.44. The van der Waals surface area contributed by atoms with Crippen LogP contribution in [0, 0.1) is 0 Å². The van der Waals surface area contributed by atoms with Crippen molar-refractivity contribution in [3.8, 4) is 0 Å². The number of benzene rings is 1. The van der Waals surface area contributed by atoms with Crippen LogP contribution >= 0.6 is 11.6 Å². The first-order chi connectivity index (χ1) is 16.9. The van der Waals surface area contributed by atoms with E-state index in [2.05, 4.69) is 9.72 Å². The van der Waals surface area contributed by atoms with Crippen molar-refractivity contribution in [1.82, 2.24) is 9.55 Å². The summed E-state index contributed by atoms with van der Waals surface area (Å²) in [7, 11) is 1.52. The molecule has 206 valence electrons. The predicted octanol–water partition coefficient (Wildman–Crippen LogP) is 5.65. The van der Waals surface area contributed by atoms with Crippen molar-refractivity contribution in [3.63, 3.8) is 0 Å². The van der Waals surface area contributed by atoms with E-state index in [1.807, 2.05) is 0 Å². The van der Waals surface area contributed by atoms with Gasteiger partial charge in [-0.2, -0.15) is 39.5 Å². The Labute approximate surface area is 207 Å². The highest BCUT2D eigenvalue weighted by atomic mass is 35.5. The average molecular weight is 570 g/mol. The molecule has 1 heterocycles. The van der Waals surface area contributed by atoms with Crippen LogP contribution in [-0.2, 0) is 39.3 Å². The van der Waals surface area contributed by atoms with Crippen molar-refractivity contribution in [1.29, 1.82) is 0 Å². The number of hydrogen-bond acceptors (Lipinski definition) is 6. The molecular weight excluding hydrogens is 553 g/mol. The summed E-state index contributed by atoms with van der Waals surface area (Å²) in [6, 6.07) is -0.190.